The molecule has 0 amide bonds. The SMILES string of the molecule is Cc1cc(-c2noc(C(N)C3CC3)n2)cc(C)c1Br. The molecule has 0 aliphatic heterocycles. The zero-order valence-electron chi connectivity index (χ0n) is 11.0. The number of nitrogens with two attached hydrogens (primary N) is 1. The second-order valence-corrected chi connectivity index (χ2v) is 6.04. The summed E-state index contributed by atoms with van der Waals surface area (Å²) in [4.78, 5) is 4.44. The molecule has 1 unspecified atom stereocenters. The molecule has 1 aromatic carbocycles. The molecule has 1 atom stereocenters. The Labute approximate surface area is 120 Å². The Morgan fingerprint density at radius 1 is 1.32 bits per heavy atom. The van der Waals surface area contributed by atoms with Gasteiger partial charge in [-0.3, -0.25) is 0 Å². The molecule has 2 aromatic rings. The van der Waals surface area contributed by atoms with Gasteiger partial charge in [-0.15, -0.1) is 0 Å². The van der Waals surface area contributed by atoms with E-state index in [4.69, 9.17) is 10.3 Å². The van der Waals surface area contributed by atoms with E-state index in [1.54, 1.807) is 0 Å². The second-order valence-electron chi connectivity index (χ2n) is 5.24. The van der Waals surface area contributed by atoms with Crippen LogP contribution in [0.3, 0.4) is 0 Å². The number of hydrogen-bond acceptors (Lipinski definition) is 4. The third-order valence-electron chi connectivity index (χ3n) is 3.55. The van der Waals surface area contributed by atoms with Crippen molar-refractivity contribution in [1.82, 2.24) is 10.1 Å². The van der Waals surface area contributed by atoms with Crippen molar-refractivity contribution in [2.24, 2.45) is 11.7 Å². The normalized spacial score (nSPS) is 16.6. The average molecular weight is 322 g/mol. The van der Waals surface area contributed by atoms with E-state index < -0.39 is 0 Å². The molecule has 0 radical (unpaired) electrons. The predicted octanol–water partition coefficient (Wildman–Crippen LogP) is 3.53. The Morgan fingerprint density at radius 2 is 1.95 bits per heavy atom. The van der Waals surface area contributed by atoms with Crippen molar-refractivity contribution in [2.75, 3.05) is 0 Å². The molecular formula is C14H16BrN3O. The molecule has 3 rings (SSSR count). The van der Waals surface area contributed by atoms with Gasteiger partial charge in [0.05, 0.1) is 6.04 Å². The summed E-state index contributed by atoms with van der Waals surface area (Å²) in [6.45, 7) is 4.11. The molecule has 100 valence electrons. The first-order valence-corrected chi connectivity index (χ1v) is 7.22. The van der Waals surface area contributed by atoms with E-state index >= 15 is 0 Å². The van der Waals surface area contributed by atoms with Crippen molar-refractivity contribution in [3.63, 3.8) is 0 Å². The molecule has 5 heteroatoms. The molecule has 1 fully saturated rings. The van der Waals surface area contributed by atoms with E-state index in [-0.39, 0.29) is 6.04 Å². The summed E-state index contributed by atoms with van der Waals surface area (Å²) in [6.07, 6.45) is 2.32. The van der Waals surface area contributed by atoms with Gasteiger partial charge in [-0.2, -0.15) is 4.98 Å². The third kappa shape index (κ3) is 2.44. The van der Waals surface area contributed by atoms with E-state index in [1.165, 1.54) is 0 Å². The average Bonchev–Trinajstić information content (AvgIpc) is 3.11. The minimum Gasteiger partial charge on any atom is -0.337 e. The molecule has 0 saturated heterocycles. The quantitative estimate of drug-likeness (QED) is 0.939. The Kier molecular flexibility index (Phi) is 3.19. The Morgan fingerprint density at radius 3 is 2.53 bits per heavy atom. The van der Waals surface area contributed by atoms with Crippen LogP contribution in [-0.4, -0.2) is 10.1 Å². The lowest BCUT2D eigenvalue weighted by Gasteiger charge is -2.05. The third-order valence-corrected chi connectivity index (χ3v) is 4.80. The number of hydrogen-bond donors (Lipinski definition) is 1. The van der Waals surface area contributed by atoms with E-state index in [2.05, 4.69) is 39.9 Å². The van der Waals surface area contributed by atoms with Gasteiger partial charge in [0.25, 0.3) is 0 Å². The molecule has 19 heavy (non-hydrogen) atoms. The van der Waals surface area contributed by atoms with Crippen LogP contribution in [0, 0.1) is 19.8 Å². The summed E-state index contributed by atoms with van der Waals surface area (Å²) < 4.78 is 6.41. The summed E-state index contributed by atoms with van der Waals surface area (Å²) in [5.74, 6) is 1.68. The molecule has 1 aliphatic rings. The van der Waals surface area contributed by atoms with Gasteiger partial charge < -0.3 is 10.3 Å². The van der Waals surface area contributed by atoms with Crippen LogP contribution in [0.2, 0.25) is 0 Å². The highest BCUT2D eigenvalue weighted by Gasteiger charge is 2.33. The summed E-state index contributed by atoms with van der Waals surface area (Å²) in [7, 11) is 0. The Balaban J connectivity index is 1.94. The van der Waals surface area contributed by atoms with E-state index in [0.717, 1.165) is 34.0 Å². The standard InChI is InChI=1S/C14H16BrN3O/c1-7-5-10(6-8(2)11(7)15)13-17-14(19-18-13)12(16)9-3-4-9/h5-6,9,12H,3-4,16H2,1-2H3. The van der Waals surface area contributed by atoms with Crippen LogP contribution in [0.5, 0.6) is 0 Å². The van der Waals surface area contributed by atoms with Crippen molar-refractivity contribution in [3.05, 3.63) is 33.6 Å². The van der Waals surface area contributed by atoms with Crippen LogP contribution >= 0.6 is 15.9 Å². The molecule has 4 nitrogen and oxygen atoms in total. The monoisotopic (exact) mass is 321 g/mol. The molecule has 1 aromatic heterocycles. The Hall–Kier alpha value is -1.20. The molecule has 0 spiro atoms. The summed E-state index contributed by atoms with van der Waals surface area (Å²) >= 11 is 3.56. The minimum absolute atomic E-state index is 0.112. The van der Waals surface area contributed by atoms with Crippen molar-refractivity contribution in [1.29, 1.82) is 0 Å². The fourth-order valence-corrected chi connectivity index (χ4v) is 2.45. The van der Waals surface area contributed by atoms with Gasteiger partial charge >= 0.3 is 0 Å². The number of rotatable bonds is 3. The van der Waals surface area contributed by atoms with Crippen molar-refractivity contribution in [3.8, 4) is 11.4 Å². The van der Waals surface area contributed by atoms with Gasteiger partial charge in [0.2, 0.25) is 11.7 Å². The van der Waals surface area contributed by atoms with Gasteiger partial charge in [-0.25, -0.2) is 0 Å². The lowest BCUT2D eigenvalue weighted by Crippen LogP contribution is -2.12. The minimum atomic E-state index is -0.112. The van der Waals surface area contributed by atoms with Crippen LogP contribution < -0.4 is 5.73 Å². The zero-order chi connectivity index (χ0) is 13.6. The smallest absolute Gasteiger partial charge is 0.244 e. The Bertz CT molecular complexity index is 596. The highest BCUT2D eigenvalue weighted by Crippen LogP contribution is 2.39. The van der Waals surface area contributed by atoms with Crippen molar-refractivity contribution in [2.45, 2.75) is 32.7 Å². The van der Waals surface area contributed by atoms with Gasteiger partial charge in [-0.05, 0) is 55.9 Å². The first-order chi connectivity index (χ1) is 9.06. The number of aryl methyl sites for hydroxylation is 2. The van der Waals surface area contributed by atoms with Gasteiger partial charge in [0.1, 0.15) is 0 Å². The van der Waals surface area contributed by atoms with Crippen molar-refractivity contribution >= 4 is 15.9 Å². The first kappa shape index (κ1) is 12.8. The van der Waals surface area contributed by atoms with Crippen molar-refractivity contribution < 1.29 is 4.52 Å². The predicted molar refractivity (Wildman–Crippen MR) is 76.6 cm³/mol. The first-order valence-electron chi connectivity index (χ1n) is 6.42. The maximum atomic E-state index is 6.07. The number of aromatic nitrogens is 2. The highest BCUT2D eigenvalue weighted by atomic mass is 79.9. The van der Waals surface area contributed by atoms with Gasteiger partial charge in [0.15, 0.2) is 0 Å². The molecular weight excluding hydrogens is 306 g/mol. The summed E-state index contributed by atoms with van der Waals surface area (Å²) in [5, 5.41) is 4.05. The largest absolute Gasteiger partial charge is 0.337 e. The van der Waals surface area contributed by atoms with Crippen LogP contribution in [0.4, 0.5) is 0 Å². The maximum absolute atomic E-state index is 6.07. The second kappa shape index (κ2) is 4.72. The van der Waals surface area contributed by atoms with E-state index in [0.29, 0.717) is 17.6 Å². The van der Waals surface area contributed by atoms with Gasteiger partial charge in [0, 0.05) is 10.0 Å². The van der Waals surface area contributed by atoms with Crippen LogP contribution in [-0.2, 0) is 0 Å². The molecule has 1 saturated carbocycles. The fraction of sp³-hybridized carbons (Fsp3) is 0.429. The number of halogens is 1. The topological polar surface area (TPSA) is 64.9 Å². The summed E-state index contributed by atoms with van der Waals surface area (Å²) in [6, 6.07) is 3.99. The van der Waals surface area contributed by atoms with E-state index in [1.807, 2.05) is 12.1 Å². The lowest BCUT2D eigenvalue weighted by atomic mass is 10.1. The van der Waals surface area contributed by atoms with Crippen LogP contribution in [0.15, 0.2) is 21.1 Å². The molecule has 0 bridgehead atoms. The summed E-state index contributed by atoms with van der Waals surface area (Å²) in [5.41, 5.74) is 9.36. The van der Waals surface area contributed by atoms with E-state index in [9.17, 15) is 0 Å². The molecule has 1 heterocycles. The highest BCUT2D eigenvalue weighted by molar-refractivity contribution is 9.10. The number of nitrogens with zero attached hydrogens (tertiary/aromatic N) is 2. The molecule has 2 N–H and O–H groups in total. The molecule has 1 aliphatic carbocycles. The number of benzene rings is 1. The van der Waals surface area contributed by atoms with Crippen LogP contribution in [0.25, 0.3) is 11.4 Å². The van der Waals surface area contributed by atoms with Gasteiger partial charge in [-0.1, -0.05) is 21.1 Å². The van der Waals surface area contributed by atoms with Crippen LogP contribution in [0.1, 0.15) is 35.9 Å². The zero-order valence-corrected chi connectivity index (χ0v) is 12.6. The maximum Gasteiger partial charge on any atom is 0.244 e. The fourth-order valence-electron chi connectivity index (χ4n) is 2.22. The lowest BCUT2D eigenvalue weighted by molar-refractivity contribution is 0.343.